The minimum Gasteiger partial charge on any atom is -0.380 e. The van der Waals surface area contributed by atoms with E-state index >= 15 is 0 Å². The first-order chi connectivity index (χ1) is 16.0. The number of amides is 4. The lowest BCUT2D eigenvalue weighted by atomic mass is 9.99. The van der Waals surface area contributed by atoms with Gasteiger partial charge in [0.15, 0.2) is 0 Å². The molecule has 3 aliphatic heterocycles. The lowest BCUT2D eigenvalue weighted by Gasteiger charge is -2.32. The molecule has 1 aromatic rings. The zero-order valence-corrected chi connectivity index (χ0v) is 18.6. The largest absolute Gasteiger partial charge is 0.380 e. The molecule has 1 aromatic carbocycles. The van der Waals surface area contributed by atoms with Crippen LogP contribution in [0.25, 0.3) is 0 Å². The number of morpholine rings is 1. The summed E-state index contributed by atoms with van der Waals surface area (Å²) in [6.45, 7) is 4.84. The van der Waals surface area contributed by atoms with E-state index in [1.54, 1.807) is 12.1 Å². The van der Waals surface area contributed by atoms with Crippen LogP contribution in [0.2, 0.25) is 0 Å². The summed E-state index contributed by atoms with van der Waals surface area (Å²) in [5, 5.41) is 2.21. The highest BCUT2D eigenvalue weighted by molar-refractivity contribution is 6.24. The van der Waals surface area contributed by atoms with Crippen LogP contribution >= 0.6 is 0 Å². The van der Waals surface area contributed by atoms with Gasteiger partial charge in [0.1, 0.15) is 6.04 Å². The van der Waals surface area contributed by atoms with E-state index in [2.05, 4.69) is 10.2 Å². The molecule has 33 heavy (non-hydrogen) atoms. The number of imide groups is 2. The zero-order chi connectivity index (χ0) is 23.4. The number of hydrogen-bond acceptors (Lipinski definition) is 8. The molecule has 0 saturated carbocycles. The molecule has 0 spiro atoms. The van der Waals surface area contributed by atoms with Gasteiger partial charge in [0, 0.05) is 39.2 Å². The number of carbonyl (C=O) groups excluding carboxylic acids is 4. The highest BCUT2D eigenvalue weighted by Gasteiger charge is 2.45. The molecule has 1 unspecified atom stereocenters. The molecule has 3 heterocycles. The number of nitrogens with zero attached hydrogens (tertiary/aromatic N) is 2. The van der Waals surface area contributed by atoms with Crippen molar-refractivity contribution in [2.45, 2.75) is 37.8 Å². The third-order valence-electron chi connectivity index (χ3n) is 6.33. The molecular formula is C23H30N4O6. The second kappa shape index (κ2) is 10.5. The van der Waals surface area contributed by atoms with Gasteiger partial charge in [-0.2, -0.15) is 0 Å². The molecule has 0 radical (unpaired) electrons. The maximum absolute atomic E-state index is 13.1. The van der Waals surface area contributed by atoms with Crippen LogP contribution in [0, 0.1) is 0 Å². The Hall–Kier alpha value is -2.66. The summed E-state index contributed by atoms with van der Waals surface area (Å²) in [6.07, 6.45) is 1.61. The van der Waals surface area contributed by atoms with Crippen LogP contribution < -0.4 is 11.1 Å². The second-order valence-electron chi connectivity index (χ2n) is 8.53. The monoisotopic (exact) mass is 458 g/mol. The summed E-state index contributed by atoms with van der Waals surface area (Å²) in [5.74, 6) is -1.94. The van der Waals surface area contributed by atoms with Gasteiger partial charge < -0.3 is 15.2 Å². The average Bonchev–Trinajstić information content (AvgIpc) is 3.07. The van der Waals surface area contributed by atoms with Crippen LogP contribution in [0.15, 0.2) is 18.2 Å². The number of aryl methyl sites for hydroxylation is 1. The van der Waals surface area contributed by atoms with E-state index in [9.17, 15) is 19.2 Å². The summed E-state index contributed by atoms with van der Waals surface area (Å²) in [7, 11) is 0. The molecule has 4 rings (SSSR count). The van der Waals surface area contributed by atoms with Crippen molar-refractivity contribution in [3.63, 3.8) is 0 Å². The van der Waals surface area contributed by atoms with Gasteiger partial charge in [0.25, 0.3) is 11.8 Å². The number of benzene rings is 1. The van der Waals surface area contributed by atoms with E-state index in [4.69, 9.17) is 15.2 Å². The highest BCUT2D eigenvalue weighted by atomic mass is 16.5. The standard InChI is InChI=1S/C23H30N4O6/c24-13-16-14-26(9-12-33-16)8-11-32-10-2-4-15-3-1-5-17-20(15)23(31)27(22(17)30)18-6-7-19(28)25-21(18)29/h1,3,5,16,18H,2,4,6-14,24H2,(H,25,28,29)/t16-,18?/m0/s1. The Kier molecular flexibility index (Phi) is 7.49. The second-order valence-corrected chi connectivity index (χ2v) is 8.53. The summed E-state index contributed by atoms with van der Waals surface area (Å²) in [4.78, 5) is 52.9. The van der Waals surface area contributed by atoms with E-state index < -0.39 is 23.8 Å². The Morgan fingerprint density at radius 2 is 2.00 bits per heavy atom. The number of piperidine rings is 1. The molecule has 2 atom stereocenters. The Bertz CT molecular complexity index is 936. The number of carbonyl (C=O) groups is 4. The van der Waals surface area contributed by atoms with Crippen LogP contribution in [0.3, 0.4) is 0 Å². The summed E-state index contributed by atoms with van der Waals surface area (Å²) in [6, 6.07) is 4.24. The van der Waals surface area contributed by atoms with Crippen molar-refractivity contribution in [3.05, 3.63) is 34.9 Å². The number of rotatable bonds is 9. The minimum atomic E-state index is -0.953. The Balaban J connectivity index is 1.29. The number of nitrogens with one attached hydrogen (secondary N) is 1. The minimum absolute atomic E-state index is 0.0823. The molecule has 0 aromatic heterocycles. The molecule has 3 aliphatic rings. The zero-order valence-electron chi connectivity index (χ0n) is 18.6. The quantitative estimate of drug-likeness (QED) is 0.381. The van der Waals surface area contributed by atoms with E-state index in [1.807, 2.05) is 6.07 Å². The van der Waals surface area contributed by atoms with Crippen molar-refractivity contribution in [2.75, 3.05) is 46.0 Å². The maximum atomic E-state index is 13.1. The molecule has 10 heteroatoms. The van der Waals surface area contributed by atoms with Gasteiger partial charge in [0.05, 0.1) is 30.4 Å². The van der Waals surface area contributed by atoms with Crippen LogP contribution in [-0.2, 0) is 25.5 Å². The van der Waals surface area contributed by atoms with Crippen molar-refractivity contribution < 1.29 is 28.7 Å². The maximum Gasteiger partial charge on any atom is 0.262 e. The number of ether oxygens (including phenoxy) is 2. The van der Waals surface area contributed by atoms with Crippen molar-refractivity contribution in [1.82, 2.24) is 15.1 Å². The Morgan fingerprint density at radius 3 is 2.79 bits per heavy atom. The first-order valence-corrected chi connectivity index (χ1v) is 11.4. The predicted molar refractivity (Wildman–Crippen MR) is 117 cm³/mol. The molecule has 0 aliphatic carbocycles. The molecule has 2 fully saturated rings. The van der Waals surface area contributed by atoms with Gasteiger partial charge in [0.2, 0.25) is 11.8 Å². The smallest absolute Gasteiger partial charge is 0.262 e. The molecule has 0 bridgehead atoms. The lowest BCUT2D eigenvalue weighted by Crippen LogP contribution is -2.54. The van der Waals surface area contributed by atoms with Crippen molar-refractivity contribution in [1.29, 1.82) is 0 Å². The molecule has 178 valence electrons. The van der Waals surface area contributed by atoms with Gasteiger partial charge in [-0.15, -0.1) is 0 Å². The molecule has 2 saturated heterocycles. The van der Waals surface area contributed by atoms with Crippen LogP contribution in [0.4, 0.5) is 0 Å². The lowest BCUT2D eigenvalue weighted by molar-refractivity contribution is -0.136. The summed E-state index contributed by atoms with van der Waals surface area (Å²) in [5.41, 5.74) is 7.10. The third kappa shape index (κ3) is 5.14. The van der Waals surface area contributed by atoms with Gasteiger partial charge in [-0.05, 0) is 30.9 Å². The fourth-order valence-electron chi connectivity index (χ4n) is 4.58. The first-order valence-electron chi connectivity index (χ1n) is 11.4. The van der Waals surface area contributed by atoms with Gasteiger partial charge in [-0.3, -0.25) is 34.3 Å². The Labute approximate surface area is 192 Å². The fourth-order valence-corrected chi connectivity index (χ4v) is 4.58. The van der Waals surface area contributed by atoms with E-state index in [0.29, 0.717) is 50.3 Å². The first kappa shape index (κ1) is 23.5. The highest BCUT2D eigenvalue weighted by Crippen LogP contribution is 2.30. The normalized spacial score (nSPS) is 23.7. The van der Waals surface area contributed by atoms with E-state index in [1.165, 1.54) is 0 Å². The van der Waals surface area contributed by atoms with E-state index in [-0.39, 0.29) is 24.9 Å². The fraction of sp³-hybridized carbons (Fsp3) is 0.565. The van der Waals surface area contributed by atoms with Crippen LogP contribution in [0.5, 0.6) is 0 Å². The average molecular weight is 459 g/mol. The van der Waals surface area contributed by atoms with Gasteiger partial charge >= 0.3 is 0 Å². The van der Waals surface area contributed by atoms with Crippen molar-refractivity contribution in [2.24, 2.45) is 5.73 Å². The predicted octanol–water partition coefficient (Wildman–Crippen LogP) is -0.303. The molecule has 3 N–H and O–H groups in total. The number of hydrogen-bond donors (Lipinski definition) is 2. The van der Waals surface area contributed by atoms with Crippen molar-refractivity contribution in [3.8, 4) is 0 Å². The number of nitrogens with two attached hydrogens (primary N) is 1. The summed E-state index contributed by atoms with van der Waals surface area (Å²) < 4.78 is 11.3. The molecular weight excluding hydrogens is 428 g/mol. The molecule has 4 amide bonds. The van der Waals surface area contributed by atoms with Crippen LogP contribution in [0.1, 0.15) is 45.5 Å². The SMILES string of the molecule is NC[C@H]1CN(CCOCCCc2cccc3c2C(=O)N(C2CCC(=O)NC2=O)C3=O)CCO1. The topological polar surface area (TPSA) is 131 Å². The third-order valence-corrected chi connectivity index (χ3v) is 6.33. The number of fused-ring (bicyclic) bond motifs is 1. The van der Waals surface area contributed by atoms with Gasteiger partial charge in [-0.25, -0.2) is 0 Å². The van der Waals surface area contributed by atoms with Crippen molar-refractivity contribution >= 4 is 23.6 Å². The van der Waals surface area contributed by atoms with E-state index in [0.717, 1.165) is 30.1 Å². The summed E-state index contributed by atoms with van der Waals surface area (Å²) >= 11 is 0. The Morgan fingerprint density at radius 1 is 1.15 bits per heavy atom. The van der Waals surface area contributed by atoms with Crippen LogP contribution in [-0.4, -0.2) is 91.6 Å². The van der Waals surface area contributed by atoms with Gasteiger partial charge in [-0.1, -0.05) is 12.1 Å². The molecule has 10 nitrogen and oxygen atoms in total.